The molecule has 7 nitrogen and oxygen atoms in total. The highest BCUT2D eigenvalue weighted by atomic mass is 16.7. The van der Waals surface area contributed by atoms with Crippen LogP contribution >= 0.6 is 0 Å². The maximum Gasteiger partial charge on any atom is 0.261 e. The minimum atomic E-state index is -1.18. The molecule has 3 heterocycles. The molecule has 0 aromatic heterocycles. The Balaban J connectivity index is 1.13. The number of imide groups is 1. The molecular formula is C35H25NO6. The molecule has 2 atom stereocenters. The van der Waals surface area contributed by atoms with Gasteiger partial charge in [-0.2, -0.15) is 0 Å². The molecule has 42 heavy (non-hydrogen) atoms. The Morgan fingerprint density at radius 3 is 2.10 bits per heavy atom. The van der Waals surface area contributed by atoms with Crippen molar-refractivity contribution < 1.29 is 28.7 Å². The number of hydrogen-bond acceptors (Lipinski definition) is 6. The summed E-state index contributed by atoms with van der Waals surface area (Å²) in [6, 6.07) is 25.8. The zero-order valence-corrected chi connectivity index (χ0v) is 22.6. The van der Waals surface area contributed by atoms with Gasteiger partial charge in [0, 0.05) is 30.5 Å². The van der Waals surface area contributed by atoms with Gasteiger partial charge < -0.3 is 9.47 Å². The molecule has 1 aliphatic carbocycles. The molecule has 0 saturated heterocycles. The molecule has 0 unspecified atom stereocenters. The van der Waals surface area contributed by atoms with Crippen molar-refractivity contribution in [3.8, 4) is 0 Å². The Kier molecular flexibility index (Phi) is 5.37. The van der Waals surface area contributed by atoms with Crippen LogP contribution in [0.1, 0.15) is 77.9 Å². The molecule has 0 spiro atoms. The summed E-state index contributed by atoms with van der Waals surface area (Å²) in [5, 5.41) is 2.13. The predicted octanol–water partition coefficient (Wildman–Crippen LogP) is 5.98. The second kappa shape index (κ2) is 9.06. The topological polar surface area (TPSA) is 90.0 Å². The summed E-state index contributed by atoms with van der Waals surface area (Å²) in [4.78, 5) is 54.5. The lowest BCUT2D eigenvalue weighted by Gasteiger charge is -2.48. The van der Waals surface area contributed by atoms with E-state index in [0.717, 1.165) is 21.9 Å². The minimum absolute atomic E-state index is 0.0640. The van der Waals surface area contributed by atoms with Crippen molar-refractivity contribution >= 4 is 34.2 Å². The molecule has 2 bridgehead atoms. The molecule has 0 radical (unpaired) electrons. The highest BCUT2D eigenvalue weighted by Crippen LogP contribution is 2.52. The number of ketones is 2. The number of allylic oxidation sites excluding steroid dienone is 1. The van der Waals surface area contributed by atoms with E-state index in [2.05, 4.69) is 6.07 Å². The third-order valence-electron chi connectivity index (χ3n) is 8.87. The maximum atomic E-state index is 13.8. The molecule has 8 rings (SSSR count). The van der Waals surface area contributed by atoms with E-state index in [9.17, 15) is 19.2 Å². The van der Waals surface area contributed by atoms with Crippen molar-refractivity contribution in [1.29, 1.82) is 0 Å². The van der Waals surface area contributed by atoms with Crippen LogP contribution < -0.4 is 0 Å². The van der Waals surface area contributed by atoms with Crippen LogP contribution in [-0.2, 0) is 15.9 Å². The van der Waals surface area contributed by atoms with E-state index in [4.69, 9.17) is 9.47 Å². The molecule has 0 saturated carbocycles. The summed E-state index contributed by atoms with van der Waals surface area (Å²) in [7, 11) is 0. The van der Waals surface area contributed by atoms with Gasteiger partial charge in [0.25, 0.3) is 11.8 Å². The first-order valence-electron chi connectivity index (χ1n) is 14.2. The number of fused-ring (bicyclic) bond motifs is 9. The molecule has 4 aromatic rings. The Hall–Kier alpha value is -4.88. The van der Waals surface area contributed by atoms with Crippen molar-refractivity contribution in [2.45, 2.75) is 37.6 Å². The summed E-state index contributed by atoms with van der Waals surface area (Å²) >= 11 is 0. The summed E-state index contributed by atoms with van der Waals surface area (Å²) in [6.07, 6.45) is 1.17. The van der Waals surface area contributed by atoms with Crippen LogP contribution in [0.4, 0.5) is 0 Å². The first-order valence-corrected chi connectivity index (χ1v) is 14.2. The molecular weight excluding hydrogens is 530 g/mol. The largest absolute Gasteiger partial charge is 0.457 e. The molecule has 4 aromatic carbocycles. The van der Waals surface area contributed by atoms with Gasteiger partial charge in [-0.25, -0.2) is 0 Å². The van der Waals surface area contributed by atoms with Crippen LogP contribution in [0.2, 0.25) is 0 Å². The van der Waals surface area contributed by atoms with E-state index < -0.39 is 11.9 Å². The number of amides is 2. The van der Waals surface area contributed by atoms with Gasteiger partial charge in [0.05, 0.1) is 16.7 Å². The zero-order chi connectivity index (χ0) is 28.6. The second-order valence-corrected chi connectivity index (χ2v) is 11.3. The number of Topliss-reactive ketones (excluding diaryl/α,β-unsaturated/α-hetero) is 2. The minimum Gasteiger partial charge on any atom is -0.457 e. The van der Waals surface area contributed by atoms with Crippen LogP contribution in [0.25, 0.3) is 10.8 Å². The summed E-state index contributed by atoms with van der Waals surface area (Å²) in [5.41, 5.74) is 3.70. The molecule has 0 N–H and O–H groups in total. The highest BCUT2D eigenvalue weighted by Gasteiger charge is 2.53. The SMILES string of the molecule is O=C1C2=C(C(=O)c3ccccc31)[C@H]1O[C@](CCCCN3C(=O)c4ccccc4C3=O)(Cc3c1ccc1ccccc31)O2. The number of hydrogen-bond donors (Lipinski definition) is 0. The number of nitrogens with zero attached hydrogens (tertiary/aromatic N) is 1. The molecule has 206 valence electrons. The van der Waals surface area contributed by atoms with Crippen LogP contribution in [0, 0.1) is 0 Å². The third-order valence-corrected chi connectivity index (χ3v) is 8.87. The normalized spacial score (nSPS) is 22.1. The molecule has 0 fully saturated rings. The van der Waals surface area contributed by atoms with Crippen molar-refractivity contribution in [3.63, 3.8) is 0 Å². The fraction of sp³-hybridized carbons (Fsp3) is 0.200. The van der Waals surface area contributed by atoms with E-state index in [-0.39, 0.29) is 41.3 Å². The quantitative estimate of drug-likeness (QED) is 0.222. The third kappa shape index (κ3) is 3.50. The predicted molar refractivity (Wildman–Crippen MR) is 153 cm³/mol. The number of unbranched alkanes of at least 4 members (excludes halogenated alkanes) is 1. The van der Waals surface area contributed by atoms with E-state index in [0.29, 0.717) is 47.9 Å². The fourth-order valence-electron chi connectivity index (χ4n) is 6.86. The standard InChI is InChI=1S/C35H25NO6/c37-29-22-11-3-4-12-23(22)30(38)32-28(29)31-24-16-15-20-9-1-2-10-21(20)27(24)19-35(41-31,42-32)17-7-8-18-36-33(39)25-13-5-6-14-26(25)34(36)40/h1-6,9-16,31H,7-8,17-19H2/t31-,35-/m0/s1. The average molecular weight is 556 g/mol. The van der Waals surface area contributed by atoms with Crippen LogP contribution in [0.15, 0.2) is 96.3 Å². The Labute approximate surface area is 241 Å². The van der Waals surface area contributed by atoms with E-state index in [1.807, 2.05) is 30.3 Å². The number of carbonyl (C=O) groups is 4. The average Bonchev–Trinajstić information content (AvgIpc) is 3.26. The van der Waals surface area contributed by atoms with Gasteiger partial charge in [0.1, 0.15) is 6.10 Å². The van der Waals surface area contributed by atoms with E-state index >= 15 is 0 Å². The molecule has 7 heteroatoms. The molecule has 4 aliphatic rings. The molecule has 3 aliphatic heterocycles. The lowest BCUT2D eigenvalue weighted by atomic mass is 9.77. The maximum absolute atomic E-state index is 13.8. The lowest BCUT2D eigenvalue weighted by Crippen LogP contribution is -2.50. The second-order valence-electron chi connectivity index (χ2n) is 11.3. The summed E-state index contributed by atoms with van der Waals surface area (Å²) < 4.78 is 13.2. The first-order chi connectivity index (χ1) is 20.5. The van der Waals surface area contributed by atoms with Gasteiger partial charge in [-0.15, -0.1) is 0 Å². The number of benzene rings is 4. The van der Waals surface area contributed by atoms with Gasteiger partial charge in [-0.1, -0.05) is 72.8 Å². The summed E-state index contributed by atoms with van der Waals surface area (Å²) in [5.74, 6) is -2.24. The van der Waals surface area contributed by atoms with Crippen LogP contribution in [0.3, 0.4) is 0 Å². The van der Waals surface area contributed by atoms with E-state index in [1.54, 1.807) is 48.5 Å². The Bertz CT molecular complexity index is 1890. The fourth-order valence-corrected chi connectivity index (χ4v) is 6.86. The van der Waals surface area contributed by atoms with Crippen molar-refractivity contribution in [2.24, 2.45) is 0 Å². The van der Waals surface area contributed by atoms with Gasteiger partial charge >= 0.3 is 0 Å². The van der Waals surface area contributed by atoms with Crippen molar-refractivity contribution in [2.75, 3.05) is 6.54 Å². The smallest absolute Gasteiger partial charge is 0.261 e. The Morgan fingerprint density at radius 2 is 1.36 bits per heavy atom. The van der Waals surface area contributed by atoms with Gasteiger partial charge in [0.2, 0.25) is 11.6 Å². The molecule has 2 amide bonds. The monoisotopic (exact) mass is 555 g/mol. The Morgan fingerprint density at radius 1 is 0.714 bits per heavy atom. The lowest BCUT2D eigenvalue weighted by molar-refractivity contribution is -0.258. The number of carbonyl (C=O) groups excluding carboxylic acids is 4. The van der Waals surface area contributed by atoms with Crippen LogP contribution in [-0.4, -0.2) is 40.6 Å². The summed E-state index contributed by atoms with van der Waals surface area (Å²) in [6.45, 7) is 0.268. The van der Waals surface area contributed by atoms with Gasteiger partial charge in [-0.05, 0) is 46.9 Å². The highest BCUT2D eigenvalue weighted by molar-refractivity contribution is 6.26. The van der Waals surface area contributed by atoms with Crippen LogP contribution in [0.5, 0.6) is 0 Å². The zero-order valence-electron chi connectivity index (χ0n) is 22.6. The van der Waals surface area contributed by atoms with Gasteiger partial charge in [0.15, 0.2) is 11.5 Å². The van der Waals surface area contributed by atoms with E-state index in [1.165, 1.54) is 4.90 Å². The van der Waals surface area contributed by atoms with Gasteiger partial charge in [-0.3, -0.25) is 24.1 Å². The number of ether oxygens (including phenoxy) is 2. The number of rotatable bonds is 5. The first kappa shape index (κ1) is 24.9. The van der Waals surface area contributed by atoms with Crippen molar-refractivity contribution in [1.82, 2.24) is 4.90 Å². The van der Waals surface area contributed by atoms with Crippen molar-refractivity contribution in [3.05, 3.63) is 130 Å².